The average molecular weight is 221 g/mol. The number of aromatic nitrogens is 2. The molecule has 1 saturated carbocycles. The van der Waals surface area contributed by atoms with E-state index in [4.69, 9.17) is 5.73 Å². The molecule has 90 valence electrons. The molecule has 16 heavy (non-hydrogen) atoms. The van der Waals surface area contributed by atoms with Crippen LogP contribution in [-0.2, 0) is 6.54 Å². The molecule has 1 heterocycles. The van der Waals surface area contributed by atoms with Gasteiger partial charge in [0, 0.05) is 18.8 Å². The third kappa shape index (κ3) is 2.85. The van der Waals surface area contributed by atoms with E-state index in [1.165, 1.54) is 38.5 Å². The van der Waals surface area contributed by atoms with Gasteiger partial charge in [0.15, 0.2) is 0 Å². The lowest BCUT2D eigenvalue weighted by atomic mass is 9.87. The molecule has 1 fully saturated rings. The summed E-state index contributed by atoms with van der Waals surface area (Å²) in [5, 5.41) is 0. The maximum absolute atomic E-state index is 5.91. The molecule has 1 unspecified atom stereocenters. The van der Waals surface area contributed by atoms with E-state index in [1.54, 1.807) is 0 Å². The van der Waals surface area contributed by atoms with Crippen LogP contribution < -0.4 is 5.73 Å². The van der Waals surface area contributed by atoms with Gasteiger partial charge in [-0.05, 0) is 19.3 Å². The van der Waals surface area contributed by atoms with Gasteiger partial charge in [-0.15, -0.1) is 0 Å². The first-order valence-corrected chi connectivity index (χ1v) is 6.53. The van der Waals surface area contributed by atoms with E-state index in [1.807, 2.05) is 19.4 Å². The number of rotatable bonds is 4. The average Bonchev–Trinajstić information content (AvgIpc) is 2.76. The Hall–Kier alpha value is -0.830. The highest BCUT2D eigenvalue weighted by atomic mass is 15.1. The second-order valence-electron chi connectivity index (χ2n) is 5.09. The number of hydrogen-bond donors (Lipinski definition) is 1. The number of imidazole rings is 1. The minimum atomic E-state index is 0.0915. The van der Waals surface area contributed by atoms with Gasteiger partial charge in [-0.1, -0.05) is 32.1 Å². The predicted octanol–water partition coefficient (Wildman–Crippen LogP) is 2.87. The second kappa shape index (κ2) is 5.48. The maximum atomic E-state index is 5.91. The number of hydrogen-bond acceptors (Lipinski definition) is 2. The Morgan fingerprint density at radius 1 is 1.44 bits per heavy atom. The zero-order valence-electron chi connectivity index (χ0n) is 10.2. The monoisotopic (exact) mass is 221 g/mol. The molecule has 1 atom stereocenters. The number of nitrogens with zero attached hydrogens (tertiary/aromatic N) is 2. The van der Waals surface area contributed by atoms with Gasteiger partial charge in [0.2, 0.25) is 0 Å². The van der Waals surface area contributed by atoms with Crippen molar-refractivity contribution in [2.45, 2.75) is 58.0 Å². The van der Waals surface area contributed by atoms with E-state index in [0.29, 0.717) is 0 Å². The summed E-state index contributed by atoms with van der Waals surface area (Å²) in [7, 11) is 0. The molecule has 2 N–H and O–H groups in total. The van der Waals surface area contributed by atoms with Gasteiger partial charge in [-0.2, -0.15) is 0 Å². The molecule has 1 aromatic heterocycles. The van der Waals surface area contributed by atoms with Crippen molar-refractivity contribution in [2.24, 2.45) is 11.7 Å². The molecule has 0 aromatic carbocycles. The van der Waals surface area contributed by atoms with Gasteiger partial charge in [0.25, 0.3) is 0 Å². The zero-order valence-corrected chi connectivity index (χ0v) is 10.2. The van der Waals surface area contributed by atoms with Crippen LogP contribution in [-0.4, -0.2) is 9.55 Å². The molecule has 0 amide bonds. The Bertz CT molecular complexity index is 311. The van der Waals surface area contributed by atoms with E-state index in [9.17, 15) is 0 Å². The summed E-state index contributed by atoms with van der Waals surface area (Å²) in [5.74, 6) is 0.928. The van der Waals surface area contributed by atoms with Crippen molar-refractivity contribution < 1.29 is 0 Å². The molecule has 1 aromatic rings. The Morgan fingerprint density at radius 2 is 2.19 bits per heavy atom. The third-order valence-corrected chi connectivity index (χ3v) is 3.71. The molecule has 2 rings (SSSR count). The smallest absolute Gasteiger partial charge is 0.0948 e. The van der Waals surface area contributed by atoms with Crippen molar-refractivity contribution in [1.82, 2.24) is 9.55 Å². The Labute approximate surface area is 98.1 Å². The first-order chi connectivity index (χ1) is 7.77. The number of aryl methyl sites for hydroxylation is 1. The summed E-state index contributed by atoms with van der Waals surface area (Å²) in [6.45, 7) is 3.11. The van der Waals surface area contributed by atoms with Crippen molar-refractivity contribution in [2.75, 3.05) is 0 Å². The van der Waals surface area contributed by atoms with Gasteiger partial charge >= 0.3 is 0 Å². The van der Waals surface area contributed by atoms with Crippen LogP contribution in [0.4, 0.5) is 0 Å². The summed E-state index contributed by atoms with van der Waals surface area (Å²) in [4.78, 5) is 4.19. The summed E-state index contributed by atoms with van der Waals surface area (Å²) in [5.41, 5.74) is 7.07. The van der Waals surface area contributed by atoms with Crippen LogP contribution in [0.3, 0.4) is 0 Å². The van der Waals surface area contributed by atoms with Crippen LogP contribution in [0, 0.1) is 5.92 Å². The lowest BCUT2D eigenvalue weighted by molar-refractivity contribution is 0.322. The van der Waals surface area contributed by atoms with Crippen LogP contribution in [0.2, 0.25) is 0 Å². The fourth-order valence-corrected chi connectivity index (χ4v) is 2.69. The normalized spacial score (nSPS) is 19.9. The standard InChI is InChI=1S/C13H23N3/c1-11(14)13-9-15-10-16(13)8-7-12-5-3-2-4-6-12/h9-12H,2-8,14H2,1H3. The molecule has 0 saturated heterocycles. The number of nitrogens with two attached hydrogens (primary N) is 1. The minimum absolute atomic E-state index is 0.0915. The van der Waals surface area contributed by atoms with Gasteiger partial charge in [0.05, 0.1) is 12.0 Å². The summed E-state index contributed by atoms with van der Waals surface area (Å²) in [6, 6.07) is 0.0915. The molecule has 1 aliphatic carbocycles. The maximum Gasteiger partial charge on any atom is 0.0948 e. The lowest BCUT2D eigenvalue weighted by Gasteiger charge is -2.22. The minimum Gasteiger partial charge on any atom is -0.333 e. The van der Waals surface area contributed by atoms with E-state index < -0.39 is 0 Å². The van der Waals surface area contributed by atoms with E-state index in [2.05, 4.69) is 9.55 Å². The Balaban J connectivity index is 1.86. The first kappa shape index (κ1) is 11.6. The van der Waals surface area contributed by atoms with E-state index in [-0.39, 0.29) is 6.04 Å². The molecule has 3 nitrogen and oxygen atoms in total. The SMILES string of the molecule is CC(N)c1cncn1CCC1CCCCC1. The van der Waals surface area contributed by atoms with Crippen LogP contribution in [0.5, 0.6) is 0 Å². The summed E-state index contributed by atoms with van der Waals surface area (Å²) in [6.07, 6.45) is 12.2. The van der Waals surface area contributed by atoms with Gasteiger partial charge in [0.1, 0.15) is 0 Å². The molecule has 0 aliphatic heterocycles. The van der Waals surface area contributed by atoms with Crippen LogP contribution in [0.25, 0.3) is 0 Å². The molecular formula is C13H23N3. The fourth-order valence-electron chi connectivity index (χ4n) is 2.69. The topological polar surface area (TPSA) is 43.8 Å². The van der Waals surface area contributed by atoms with Gasteiger partial charge in [-0.25, -0.2) is 4.98 Å². The molecular weight excluding hydrogens is 198 g/mol. The van der Waals surface area contributed by atoms with Gasteiger partial charge < -0.3 is 10.3 Å². The van der Waals surface area contributed by atoms with Crippen molar-refractivity contribution in [1.29, 1.82) is 0 Å². The molecule has 0 radical (unpaired) electrons. The van der Waals surface area contributed by atoms with E-state index in [0.717, 1.165) is 18.2 Å². The molecule has 1 aliphatic rings. The van der Waals surface area contributed by atoms with Gasteiger partial charge in [-0.3, -0.25) is 0 Å². The largest absolute Gasteiger partial charge is 0.333 e. The zero-order chi connectivity index (χ0) is 11.4. The Kier molecular flexibility index (Phi) is 3.99. The molecule has 0 bridgehead atoms. The third-order valence-electron chi connectivity index (χ3n) is 3.71. The van der Waals surface area contributed by atoms with Crippen molar-refractivity contribution in [3.8, 4) is 0 Å². The van der Waals surface area contributed by atoms with E-state index >= 15 is 0 Å². The fraction of sp³-hybridized carbons (Fsp3) is 0.769. The second-order valence-corrected chi connectivity index (χ2v) is 5.09. The van der Waals surface area contributed by atoms with Crippen molar-refractivity contribution >= 4 is 0 Å². The highest BCUT2D eigenvalue weighted by Gasteiger charge is 2.14. The van der Waals surface area contributed by atoms with Crippen molar-refractivity contribution in [3.63, 3.8) is 0 Å². The van der Waals surface area contributed by atoms with Crippen LogP contribution >= 0.6 is 0 Å². The van der Waals surface area contributed by atoms with Crippen LogP contribution in [0.1, 0.15) is 57.2 Å². The van der Waals surface area contributed by atoms with Crippen LogP contribution in [0.15, 0.2) is 12.5 Å². The predicted molar refractivity (Wildman–Crippen MR) is 66.0 cm³/mol. The first-order valence-electron chi connectivity index (χ1n) is 6.53. The lowest BCUT2D eigenvalue weighted by Crippen LogP contribution is -2.14. The highest BCUT2D eigenvalue weighted by molar-refractivity contribution is 5.02. The highest BCUT2D eigenvalue weighted by Crippen LogP contribution is 2.27. The molecule has 0 spiro atoms. The van der Waals surface area contributed by atoms with Crippen molar-refractivity contribution in [3.05, 3.63) is 18.2 Å². The molecule has 3 heteroatoms. The summed E-state index contributed by atoms with van der Waals surface area (Å²) >= 11 is 0. The summed E-state index contributed by atoms with van der Waals surface area (Å²) < 4.78 is 2.22. The Morgan fingerprint density at radius 3 is 2.88 bits per heavy atom. The quantitative estimate of drug-likeness (QED) is 0.849.